The largest absolute Gasteiger partial charge is 0.314 e. The summed E-state index contributed by atoms with van der Waals surface area (Å²) in [5.74, 6) is 0.776. The van der Waals surface area contributed by atoms with Crippen molar-refractivity contribution in [2.24, 2.45) is 5.92 Å². The summed E-state index contributed by atoms with van der Waals surface area (Å²) in [4.78, 5) is 2.64. The van der Waals surface area contributed by atoms with Gasteiger partial charge in [0.05, 0.1) is 0 Å². The zero-order chi connectivity index (χ0) is 13.7. The highest BCUT2D eigenvalue weighted by Crippen LogP contribution is 2.29. The maximum atomic E-state index is 3.60. The van der Waals surface area contributed by atoms with Crippen molar-refractivity contribution in [2.45, 2.75) is 32.7 Å². The van der Waals surface area contributed by atoms with Gasteiger partial charge >= 0.3 is 0 Å². The number of piperazine rings is 1. The molecule has 1 heterocycles. The van der Waals surface area contributed by atoms with Gasteiger partial charge in [-0.1, -0.05) is 41.9 Å². The fraction of sp³-hybridized carbons (Fsp3) is 0.625. The monoisotopic (exact) mass is 396 g/mol. The molecule has 2 nitrogen and oxygen atoms in total. The number of benzene rings is 1. The molecule has 1 N–H and O–H groups in total. The Hall–Kier alpha value is 0.200. The van der Waals surface area contributed by atoms with Gasteiger partial charge in [-0.2, -0.15) is 0 Å². The molecule has 2 rings (SSSR count). The first-order chi connectivity index (χ1) is 9.16. The molecule has 1 atom stereocenters. The molecule has 1 saturated heterocycles. The number of rotatable bonds is 5. The van der Waals surface area contributed by atoms with Crippen molar-refractivity contribution in [3.8, 4) is 0 Å². The molecule has 0 aromatic heterocycles. The molecule has 122 valence electrons. The van der Waals surface area contributed by atoms with Crippen LogP contribution in [0.5, 0.6) is 0 Å². The van der Waals surface area contributed by atoms with E-state index in [-0.39, 0.29) is 24.8 Å². The Kier molecular flexibility index (Phi) is 11.0. The van der Waals surface area contributed by atoms with E-state index in [2.05, 4.69) is 64.3 Å². The van der Waals surface area contributed by atoms with Gasteiger partial charge in [-0.05, 0) is 36.5 Å². The van der Waals surface area contributed by atoms with Crippen LogP contribution < -0.4 is 5.32 Å². The van der Waals surface area contributed by atoms with E-state index in [0.29, 0.717) is 6.04 Å². The van der Waals surface area contributed by atoms with Crippen molar-refractivity contribution in [2.75, 3.05) is 26.2 Å². The molecule has 0 amide bonds. The molecular weight excluding hydrogens is 371 g/mol. The maximum absolute atomic E-state index is 3.60. The average Bonchev–Trinajstić information content (AvgIpc) is 2.40. The van der Waals surface area contributed by atoms with Crippen LogP contribution in [0.2, 0.25) is 0 Å². The predicted molar refractivity (Wildman–Crippen MR) is 99.9 cm³/mol. The third-order valence-corrected chi connectivity index (χ3v) is 4.34. The topological polar surface area (TPSA) is 15.3 Å². The minimum absolute atomic E-state index is 0. The van der Waals surface area contributed by atoms with Gasteiger partial charge in [0.2, 0.25) is 0 Å². The fourth-order valence-corrected chi connectivity index (χ4v) is 3.18. The molecule has 0 saturated carbocycles. The summed E-state index contributed by atoms with van der Waals surface area (Å²) in [6, 6.07) is 9.40. The van der Waals surface area contributed by atoms with Crippen molar-refractivity contribution in [3.05, 3.63) is 34.3 Å². The SMILES string of the molecule is CC(C)CC[C@@H](c1cccc(Br)c1)N1CCNCC1.Cl.Cl. The van der Waals surface area contributed by atoms with Crippen LogP contribution in [0.4, 0.5) is 0 Å². The Morgan fingerprint density at radius 1 is 1.14 bits per heavy atom. The van der Waals surface area contributed by atoms with E-state index >= 15 is 0 Å². The molecule has 0 unspecified atom stereocenters. The fourth-order valence-electron chi connectivity index (χ4n) is 2.76. The average molecular weight is 398 g/mol. The molecule has 1 fully saturated rings. The predicted octanol–water partition coefficient (Wildman–Crippen LogP) is 4.68. The highest BCUT2D eigenvalue weighted by Gasteiger charge is 2.22. The summed E-state index contributed by atoms with van der Waals surface area (Å²) in [5.41, 5.74) is 1.46. The van der Waals surface area contributed by atoms with E-state index in [1.807, 2.05) is 0 Å². The first-order valence-electron chi connectivity index (χ1n) is 7.37. The Balaban J connectivity index is 0.00000200. The molecule has 0 spiro atoms. The van der Waals surface area contributed by atoms with Crippen LogP contribution in [0.3, 0.4) is 0 Å². The van der Waals surface area contributed by atoms with Gasteiger partial charge < -0.3 is 5.32 Å². The second kappa shape index (κ2) is 10.8. The van der Waals surface area contributed by atoms with E-state index in [4.69, 9.17) is 0 Å². The van der Waals surface area contributed by atoms with Gasteiger partial charge in [0.15, 0.2) is 0 Å². The van der Waals surface area contributed by atoms with Crippen LogP contribution in [0.15, 0.2) is 28.7 Å². The van der Waals surface area contributed by atoms with Crippen LogP contribution in [-0.4, -0.2) is 31.1 Å². The van der Waals surface area contributed by atoms with Gasteiger partial charge in [-0.15, -0.1) is 24.8 Å². The molecule has 5 heteroatoms. The van der Waals surface area contributed by atoms with Crippen LogP contribution in [0.25, 0.3) is 0 Å². The molecule has 0 aliphatic carbocycles. The van der Waals surface area contributed by atoms with Gasteiger partial charge in [-0.25, -0.2) is 0 Å². The van der Waals surface area contributed by atoms with Crippen LogP contribution >= 0.6 is 40.7 Å². The van der Waals surface area contributed by atoms with Crippen LogP contribution in [0, 0.1) is 5.92 Å². The lowest BCUT2D eigenvalue weighted by Crippen LogP contribution is -2.45. The quantitative estimate of drug-likeness (QED) is 0.776. The Morgan fingerprint density at radius 2 is 1.81 bits per heavy atom. The van der Waals surface area contributed by atoms with E-state index in [9.17, 15) is 0 Å². The number of nitrogens with zero attached hydrogens (tertiary/aromatic N) is 1. The summed E-state index contributed by atoms with van der Waals surface area (Å²) in [7, 11) is 0. The number of hydrogen-bond donors (Lipinski definition) is 1. The molecule has 1 aromatic rings. The second-order valence-electron chi connectivity index (χ2n) is 5.83. The first-order valence-corrected chi connectivity index (χ1v) is 8.16. The lowest BCUT2D eigenvalue weighted by atomic mass is 9.96. The first kappa shape index (κ1) is 21.2. The molecule has 0 bridgehead atoms. The zero-order valence-corrected chi connectivity index (χ0v) is 16.1. The minimum atomic E-state index is 0. The summed E-state index contributed by atoms with van der Waals surface area (Å²) in [6.07, 6.45) is 2.55. The van der Waals surface area contributed by atoms with Crippen LogP contribution in [0.1, 0.15) is 38.3 Å². The van der Waals surface area contributed by atoms with E-state index in [0.717, 1.165) is 32.1 Å². The third kappa shape index (κ3) is 6.87. The summed E-state index contributed by atoms with van der Waals surface area (Å²) >= 11 is 3.60. The summed E-state index contributed by atoms with van der Waals surface area (Å²) in [5, 5.41) is 3.45. The molecule has 1 aliphatic heterocycles. The molecule has 21 heavy (non-hydrogen) atoms. The summed E-state index contributed by atoms with van der Waals surface area (Å²) < 4.78 is 1.19. The van der Waals surface area contributed by atoms with Gasteiger partial charge in [0.1, 0.15) is 0 Å². The summed E-state index contributed by atoms with van der Waals surface area (Å²) in [6.45, 7) is 9.19. The molecular formula is C16H27BrCl2N2. The van der Waals surface area contributed by atoms with Crippen molar-refractivity contribution >= 4 is 40.7 Å². The zero-order valence-electron chi connectivity index (χ0n) is 12.8. The normalized spacial score (nSPS) is 17.0. The number of halogens is 3. The third-order valence-electron chi connectivity index (χ3n) is 3.84. The van der Waals surface area contributed by atoms with Gasteiger partial charge in [0.25, 0.3) is 0 Å². The lowest BCUT2D eigenvalue weighted by molar-refractivity contribution is 0.160. The van der Waals surface area contributed by atoms with Gasteiger partial charge in [0, 0.05) is 36.7 Å². The maximum Gasteiger partial charge on any atom is 0.0349 e. The van der Waals surface area contributed by atoms with Gasteiger partial charge in [-0.3, -0.25) is 4.90 Å². The minimum Gasteiger partial charge on any atom is -0.314 e. The Labute approximate surface area is 150 Å². The Bertz CT molecular complexity index is 396. The van der Waals surface area contributed by atoms with E-state index in [1.54, 1.807) is 0 Å². The molecule has 1 aromatic carbocycles. The highest BCUT2D eigenvalue weighted by atomic mass is 79.9. The van der Waals surface area contributed by atoms with Crippen molar-refractivity contribution < 1.29 is 0 Å². The van der Waals surface area contributed by atoms with Crippen LogP contribution in [-0.2, 0) is 0 Å². The molecule has 1 aliphatic rings. The smallest absolute Gasteiger partial charge is 0.0349 e. The van der Waals surface area contributed by atoms with Crippen molar-refractivity contribution in [1.29, 1.82) is 0 Å². The van der Waals surface area contributed by atoms with Crippen molar-refractivity contribution in [1.82, 2.24) is 10.2 Å². The Morgan fingerprint density at radius 3 is 2.38 bits per heavy atom. The number of nitrogens with one attached hydrogen (secondary N) is 1. The van der Waals surface area contributed by atoms with E-state index in [1.165, 1.54) is 22.9 Å². The van der Waals surface area contributed by atoms with Crippen molar-refractivity contribution in [3.63, 3.8) is 0 Å². The lowest BCUT2D eigenvalue weighted by Gasteiger charge is -2.35. The molecule has 0 radical (unpaired) electrons. The standard InChI is InChI=1S/C16H25BrN2.2ClH/c1-13(2)6-7-16(19-10-8-18-9-11-19)14-4-3-5-15(17)12-14;;/h3-5,12-13,16,18H,6-11H2,1-2H3;2*1H/t16-;;/m0../s1. The highest BCUT2D eigenvalue weighted by molar-refractivity contribution is 9.10. The second-order valence-corrected chi connectivity index (χ2v) is 6.74. The van der Waals surface area contributed by atoms with E-state index < -0.39 is 0 Å². The number of hydrogen-bond acceptors (Lipinski definition) is 2.